The van der Waals surface area contributed by atoms with E-state index in [-0.39, 0.29) is 0 Å². The molecule has 4 heteroatoms. The van der Waals surface area contributed by atoms with Gasteiger partial charge in [-0.15, -0.1) is 0 Å². The summed E-state index contributed by atoms with van der Waals surface area (Å²) in [6.07, 6.45) is 3.13. The van der Waals surface area contributed by atoms with E-state index in [2.05, 4.69) is 18.3 Å². The van der Waals surface area contributed by atoms with Gasteiger partial charge in [0.25, 0.3) is 0 Å². The van der Waals surface area contributed by atoms with E-state index in [1.54, 1.807) is 0 Å². The maximum Gasteiger partial charge on any atom is 0.119 e. The van der Waals surface area contributed by atoms with Gasteiger partial charge in [-0.05, 0) is 42.9 Å². The van der Waals surface area contributed by atoms with E-state index >= 15 is 0 Å². The van der Waals surface area contributed by atoms with Crippen LogP contribution in [0.15, 0.2) is 24.3 Å². The Kier molecular flexibility index (Phi) is 7.00. The van der Waals surface area contributed by atoms with Crippen molar-refractivity contribution in [2.75, 3.05) is 32.9 Å². The van der Waals surface area contributed by atoms with Crippen molar-refractivity contribution in [2.24, 2.45) is 5.92 Å². The molecule has 1 aromatic carbocycles. The van der Waals surface area contributed by atoms with E-state index in [9.17, 15) is 5.11 Å². The molecule has 118 valence electrons. The van der Waals surface area contributed by atoms with Crippen molar-refractivity contribution in [3.63, 3.8) is 0 Å². The van der Waals surface area contributed by atoms with Crippen LogP contribution in [0.4, 0.5) is 0 Å². The molecule has 1 saturated carbocycles. The van der Waals surface area contributed by atoms with Crippen LogP contribution in [-0.2, 0) is 11.2 Å². The highest BCUT2D eigenvalue weighted by molar-refractivity contribution is 5.28. The molecule has 0 aliphatic heterocycles. The van der Waals surface area contributed by atoms with Crippen LogP contribution in [0.2, 0.25) is 0 Å². The Balaban J connectivity index is 1.50. The van der Waals surface area contributed by atoms with Crippen molar-refractivity contribution in [3.8, 4) is 5.75 Å². The lowest BCUT2D eigenvalue weighted by atomic mass is 10.2. The number of nitrogens with one attached hydrogen (secondary N) is 1. The molecule has 0 amide bonds. The Hall–Kier alpha value is -1.10. The van der Waals surface area contributed by atoms with Crippen LogP contribution in [0.1, 0.15) is 25.3 Å². The van der Waals surface area contributed by atoms with E-state index in [0.717, 1.165) is 31.2 Å². The third kappa shape index (κ3) is 6.93. The highest BCUT2D eigenvalue weighted by Gasteiger charge is 2.20. The topological polar surface area (TPSA) is 50.7 Å². The van der Waals surface area contributed by atoms with E-state index < -0.39 is 6.10 Å². The molecule has 1 aromatic rings. The number of rotatable bonds is 11. The molecule has 0 spiro atoms. The second-order valence-corrected chi connectivity index (χ2v) is 5.69. The summed E-state index contributed by atoms with van der Waals surface area (Å²) in [5.74, 6) is 1.63. The van der Waals surface area contributed by atoms with Crippen molar-refractivity contribution >= 4 is 0 Å². The van der Waals surface area contributed by atoms with Crippen LogP contribution in [-0.4, -0.2) is 44.1 Å². The molecule has 1 fully saturated rings. The highest BCUT2D eigenvalue weighted by Crippen LogP contribution is 2.28. The van der Waals surface area contributed by atoms with Crippen LogP contribution < -0.4 is 10.1 Å². The van der Waals surface area contributed by atoms with Crippen molar-refractivity contribution in [1.82, 2.24) is 5.32 Å². The minimum absolute atomic E-state index is 0.309. The predicted molar refractivity (Wildman–Crippen MR) is 83.7 cm³/mol. The summed E-state index contributed by atoms with van der Waals surface area (Å²) in [6, 6.07) is 8.00. The van der Waals surface area contributed by atoms with Gasteiger partial charge in [0, 0.05) is 19.7 Å². The van der Waals surface area contributed by atoms with Gasteiger partial charge in [-0.2, -0.15) is 0 Å². The van der Waals surface area contributed by atoms with Gasteiger partial charge in [0.05, 0.1) is 6.61 Å². The molecule has 1 atom stereocenters. The first-order chi connectivity index (χ1) is 10.3. The smallest absolute Gasteiger partial charge is 0.119 e. The molecule has 2 N–H and O–H groups in total. The monoisotopic (exact) mass is 293 g/mol. The molecular formula is C17H27NO3. The molecule has 0 saturated heterocycles. The van der Waals surface area contributed by atoms with Gasteiger partial charge >= 0.3 is 0 Å². The molecule has 2 rings (SSSR count). The Morgan fingerprint density at radius 2 is 2.24 bits per heavy atom. The minimum Gasteiger partial charge on any atom is -0.491 e. The van der Waals surface area contributed by atoms with Crippen LogP contribution >= 0.6 is 0 Å². The Morgan fingerprint density at radius 3 is 3.00 bits per heavy atom. The van der Waals surface area contributed by atoms with Crippen LogP contribution in [0.5, 0.6) is 5.75 Å². The van der Waals surface area contributed by atoms with Gasteiger partial charge in [-0.25, -0.2) is 0 Å². The first kappa shape index (κ1) is 16.3. The van der Waals surface area contributed by atoms with Crippen molar-refractivity contribution in [2.45, 2.75) is 32.3 Å². The van der Waals surface area contributed by atoms with Gasteiger partial charge in [-0.3, -0.25) is 0 Å². The SMILES string of the molecule is CCc1cccc(OCC(O)CNCCOCC2CC2)c1. The summed E-state index contributed by atoms with van der Waals surface area (Å²) in [4.78, 5) is 0. The quantitative estimate of drug-likeness (QED) is 0.613. The Labute approximate surface area is 127 Å². The third-order valence-electron chi connectivity index (χ3n) is 3.60. The number of hydrogen-bond acceptors (Lipinski definition) is 4. The Morgan fingerprint density at radius 1 is 1.38 bits per heavy atom. The standard InChI is InChI=1S/C17H27NO3/c1-2-14-4-3-5-17(10-14)21-13-16(19)11-18-8-9-20-12-15-6-7-15/h3-5,10,15-16,18-19H,2,6-9,11-13H2,1H3. The zero-order chi connectivity index (χ0) is 14.9. The van der Waals surface area contributed by atoms with E-state index in [0.29, 0.717) is 19.8 Å². The minimum atomic E-state index is -0.501. The van der Waals surface area contributed by atoms with Gasteiger partial charge in [0.1, 0.15) is 18.5 Å². The van der Waals surface area contributed by atoms with Crippen LogP contribution in [0.25, 0.3) is 0 Å². The summed E-state index contributed by atoms with van der Waals surface area (Å²) < 4.78 is 11.1. The number of ether oxygens (including phenoxy) is 2. The number of aliphatic hydroxyl groups excluding tert-OH is 1. The molecular weight excluding hydrogens is 266 g/mol. The summed E-state index contributed by atoms with van der Waals surface area (Å²) in [7, 11) is 0. The maximum atomic E-state index is 9.86. The van der Waals surface area contributed by atoms with Gasteiger partial charge < -0.3 is 19.9 Å². The molecule has 21 heavy (non-hydrogen) atoms. The Bertz CT molecular complexity index is 407. The van der Waals surface area contributed by atoms with Crippen LogP contribution in [0, 0.1) is 5.92 Å². The van der Waals surface area contributed by atoms with Crippen LogP contribution in [0.3, 0.4) is 0 Å². The first-order valence-corrected chi connectivity index (χ1v) is 7.96. The van der Waals surface area contributed by atoms with Gasteiger partial charge in [-0.1, -0.05) is 19.1 Å². The van der Waals surface area contributed by atoms with Crippen molar-refractivity contribution in [1.29, 1.82) is 0 Å². The molecule has 1 aliphatic rings. The van der Waals surface area contributed by atoms with E-state index in [4.69, 9.17) is 9.47 Å². The lowest BCUT2D eigenvalue weighted by Gasteiger charge is -2.14. The summed E-state index contributed by atoms with van der Waals surface area (Å²) in [6.45, 7) is 5.32. The summed E-state index contributed by atoms with van der Waals surface area (Å²) >= 11 is 0. The van der Waals surface area contributed by atoms with E-state index in [1.165, 1.54) is 18.4 Å². The van der Waals surface area contributed by atoms with Crippen molar-refractivity contribution in [3.05, 3.63) is 29.8 Å². The third-order valence-corrected chi connectivity index (χ3v) is 3.60. The average Bonchev–Trinajstić information content (AvgIpc) is 3.33. The molecule has 0 radical (unpaired) electrons. The molecule has 1 aliphatic carbocycles. The lowest BCUT2D eigenvalue weighted by molar-refractivity contribution is 0.0967. The zero-order valence-electron chi connectivity index (χ0n) is 12.9. The highest BCUT2D eigenvalue weighted by atomic mass is 16.5. The molecule has 4 nitrogen and oxygen atoms in total. The first-order valence-electron chi connectivity index (χ1n) is 7.96. The maximum absolute atomic E-state index is 9.86. The fourth-order valence-corrected chi connectivity index (χ4v) is 2.05. The van der Waals surface area contributed by atoms with Gasteiger partial charge in [0.15, 0.2) is 0 Å². The fourth-order valence-electron chi connectivity index (χ4n) is 2.05. The molecule has 0 aromatic heterocycles. The molecule has 0 bridgehead atoms. The normalized spacial score (nSPS) is 15.9. The summed E-state index contributed by atoms with van der Waals surface area (Å²) in [5, 5.41) is 13.0. The zero-order valence-corrected chi connectivity index (χ0v) is 12.9. The molecule has 0 heterocycles. The largest absolute Gasteiger partial charge is 0.491 e. The predicted octanol–water partition coefficient (Wildman–Crippen LogP) is 2.00. The van der Waals surface area contributed by atoms with Gasteiger partial charge in [0.2, 0.25) is 0 Å². The number of benzene rings is 1. The second-order valence-electron chi connectivity index (χ2n) is 5.69. The average molecular weight is 293 g/mol. The second kappa shape index (κ2) is 9.03. The van der Waals surface area contributed by atoms with Crippen molar-refractivity contribution < 1.29 is 14.6 Å². The van der Waals surface area contributed by atoms with E-state index in [1.807, 2.05) is 18.2 Å². The summed E-state index contributed by atoms with van der Waals surface area (Å²) in [5.41, 5.74) is 1.24. The fraction of sp³-hybridized carbons (Fsp3) is 0.647. The number of aliphatic hydroxyl groups is 1. The molecule has 1 unspecified atom stereocenters. The number of hydrogen-bond donors (Lipinski definition) is 2. The lowest BCUT2D eigenvalue weighted by Crippen LogP contribution is -2.33. The number of aryl methyl sites for hydroxylation is 1.